The molecule has 0 radical (unpaired) electrons. The van der Waals surface area contributed by atoms with Gasteiger partial charge in [-0.05, 0) is 55.9 Å². The summed E-state index contributed by atoms with van der Waals surface area (Å²) in [6, 6.07) is 1.04. The van der Waals surface area contributed by atoms with E-state index in [1.165, 1.54) is 51.6 Å². The molecule has 2 nitrogen and oxygen atoms in total. The number of rotatable bonds is 6. The predicted molar refractivity (Wildman–Crippen MR) is 83.1 cm³/mol. The third-order valence-electron chi connectivity index (χ3n) is 5.95. The van der Waals surface area contributed by atoms with Gasteiger partial charge in [0.15, 0.2) is 0 Å². The van der Waals surface area contributed by atoms with Crippen LogP contribution in [0.3, 0.4) is 0 Å². The summed E-state index contributed by atoms with van der Waals surface area (Å²) in [6.45, 7) is 12.0. The van der Waals surface area contributed by atoms with Crippen molar-refractivity contribution in [3.8, 4) is 0 Å². The smallest absolute Gasteiger partial charge is 0.0250 e. The van der Waals surface area contributed by atoms with E-state index in [1.807, 2.05) is 0 Å². The standard InChI is InChI=1S/C17H34N2/c1-5-17(3,4)14-9-10-15(18)16(11-14)19(6-2)12-13-7-8-13/h13-16H,5-12,18H2,1-4H3. The van der Waals surface area contributed by atoms with Crippen molar-refractivity contribution in [3.05, 3.63) is 0 Å². The van der Waals surface area contributed by atoms with Crippen LogP contribution in [0.25, 0.3) is 0 Å². The highest BCUT2D eigenvalue weighted by molar-refractivity contribution is 4.94. The average Bonchev–Trinajstić information content (AvgIpc) is 3.20. The van der Waals surface area contributed by atoms with Crippen molar-refractivity contribution in [1.82, 2.24) is 4.90 Å². The van der Waals surface area contributed by atoms with Gasteiger partial charge in [0, 0.05) is 18.6 Å². The molecule has 3 unspecified atom stereocenters. The Hall–Kier alpha value is -0.0800. The Balaban J connectivity index is 1.99. The minimum Gasteiger partial charge on any atom is -0.326 e. The van der Waals surface area contributed by atoms with Gasteiger partial charge in [0.1, 0.15) is 0 Å². The molecule has 2 N–H and O–H groups in total. The van der Waals surface area contributed by atoms with Crippen LogP contribution < -0.4 is 5.73 Å². The summed E-state index contributed by atoms with van der Waals surface area (Å²) in [5.41, 5.74) is 6.94. The molecule has 2 heteroatoms. The van der Waals surface area contributed by atoms with Gasteiger partial charge < -0.3 is 5.73 Å². The Kier molecular flexibility index (Phi) is 4.94. The molecule has 2 rings (SSSR count). The maximum absolute atomic E-state index is 6.46. The third kappa shape index (κ3) is 3.72. The van der Waals surface area contributed by atoms with Crippen LogP contribution in [-0.2, 0) is 0 Å². The normalized spacial score (nSPS) is 32.8. The van der Waals surface area contributed by atoms with E-state index in [1.54, 1.807) is 0 Å². The van der Waals surface area contributed by atoms with Gasteiger partial charge in [-0.15, -0.1) is 0 Å². The second-order valence-corrected chi connectivity index (χ2v) is 7.61. The van der Waals surface area contributed by atoms with Crippen molar-refractivity contribution in [2.24, 2.45) is 23.0 Å². The molecule has 2 aliphatic carbocycles. The van der Waals surface area contributed by atoms with E-state index in [2.05, 4.69) is 32.6 Å². The average molecular weight is 266 g/mol. The molecule has 0 amide bonds. The summed E-state index contributed by atoms with van der Waals surface area (Å²) in [4.78, 5) is 2.69. The lowest BCUT2D eigenvalue weighted by Crippen LogP contribution is -2.53. The first-order valence-electron chi connectivity index (χ1n) is 8.47. The molecule has 0 aromatic rings. The van der Waals surface area contributed by atoms with Gasteiger partial charge in [0.25, 0.3) is 0 Å². The zero-order valence-corrected chi connectivity index (χ0v) is 13.5. The zero-order chi connectivity index (χ0) is 14.0. The summed E-state index contributed by atoms with van der Waals surface area (Å²) in [5.74, 6) is 1.84. The van der Waals surface area contributed by atoms with Crippen LogP contribution >= 0.6 is 0 Å². The maximum Gasteiger partial charge on any atom is 0.0250 e. The minimum absolute atomic E-state index is 0.405. The molecule has 0 aliphatic heterocycles. The van der Waals surface area contributed by atoms with E-state index < -0.39 is 0 Å². The number of nitrogens with two attached hydrogens (primary N) is 1. The molecule has 2 aliphatic rings. The molecule has 2 saturated carbocycles. The van der Waals surface area contributed by atoms with Crippen molar-refractivity contribution in [3.63, 3.8) is 0 Å². The van der Waals surface area contributed by atoms with E-state index in [9.17, 15) is 0 Å². The Morgan fingerprint density at radius 3 is 2.32 bits per heavy atom. The maximum atomic E-state index is 6.46. The molecule has 0 bridgehead atoms. The van der Waals surface area contributed by atoms with Gasteiger partial charge in [-0.25, -0.2) is 0 Å². The SMILES string of the molecule is CCN(CC1CC1)C1CC(C(C)(C)CC)CCC1N. The number of nitrogens with zero attached hydrogens (tertiary/aromatic N) is 1. The van der Waals surface area contributed by atoms with Crippen molar-refractivity contribution < 1.29 is 0 Å². The van der Waals surface area contributed by atoms with Crippen LogP contribution in [0.5, 0.6) is 0 Å². The second-order valence-electron chi connectivity index (χ2n) is 7.61. The van der Waals surface area contributed by atoms with E-state index in [0.29, 0.717) is 17.5 Å². The number of hydrogen-bond donors (Lipinski definition) is 1. The first-order valence-corrected chi connectivity index (χ1v) is 8.47. The highest BCUT2D eigenvalue weighted by atomic mass is 15.2. The Morgan fingerprint density at radius 1 is 1.11 bits per heavy atom. The zero-order valence-electron chi connectivity index (χ0n) is 13.5. The fourth-order valence-electron chi connectivity index (χ4n) is 3.72. The molecule has 0 saturated heterocycles. The van der Waals surface area contributed by atoms with Crippen LogP contribution in [0, 0.1) is 17.3 Å². The molecule has 19 heavy (non-hydrogen) atoms. The lowest BCUT2D eigenvalue weighted by atomic mass is 9.67. The second kappa shape index (κ2) is 6.13. The van der Waals surface area contributed by atoms with Crippen molar-refractivity contribution in [2.75, 3.05) is 13.1 Å². The van der Waals surface area contributed by atoms with E-state index in [4.69, 9.17) is 5.73 Å². The fraction of sp³-hybridized carbons (Fsp3) is 1.00. The molecular formula is C17H34N2. The Bertz CT molecular complexity index is 283. The largest absolute Gasteiger partial charge is 0.326 e. The van der Waals surface area contributed by atoms with Crippen LogP contribution in [0.15, 0.2) is 0 Å². The molecule has 0 aromatic carbocycles. The van der Waals surface area contributed by atoms with Crippen LogP contribution in [-0.4, -0.2) is 30.1 Å². The molecule has 112 valence electrons. The van der Waals surface area contributed by atoms with Gasteiger partial charge in [-0.2, -0.15) is 0 Å². The molecule has 3 atom stereocenters. The minimum atomic E-state index is 0.405. The Labute approximate surface area is 120 Å². The monoisotopic (exact) mass is 266 g/mol. The van der Waals surface area contributed by atoms with Gasteiger partial charge >= 0.3 is 0 Å². The first-order chi connectivity index (χ1) is 8.97. The third-order valence-corrected chi connectivity index (χ3v) is 5.95. The van der Waals surface area contributed by atoms with Crippen LogP contribution in [0.1, 0.15) is 66.2 Å². The lowest BCUT2D eigenvalue weighted by Gasteiger charge is -2.46. The van der Waals surface area contributed by atoms with Crippen LogP contribution in [0.4, 0.5) is 0 Å². The van der Waals surface area contributed by atoms with Crippen LogP contribution in [0.2, 0.25) is 0 Å². The summed E-state index contributed by atoms with van der Waals surface area (Å²) in [6.07, 6.45) is 8.06. The molecule has 0 spiro atoms. The van der Waals surface area contributed by atoms with E-state index in [0.717, 1.165) is 11.8 Å². The quantitative estimate of drug-likeness (QED) is 0.795. The van der Waals surface area contributed by atoms with Gasteiger partial charge in [0.2, 0.25) is 0 Å². The molecule has 0 heterocycles. The van der Waals surface area contributed by atoms with Gasteiger partial charge in [-0.1, -0.05) is 34.1 Å². The highest BCUT2D eigenvalue weighted by Gasteiger charge is 2.39. The summed E-state index contributed by atoms with van der Waals surface area (Å²) >= 11 is 0. The number of likely N-dealkylation sites (N-methyl/N-ethyl adjacent to an activating group) is 1. The Morgan fingerprint density at radius 2 is 1.79 bits per heavy atom. The van der Waals surface area contributed by atoms with Crippen molar-refractivity contribution in [1.29, 1.82) is 0 Å². The first kappa shape index (κ1) is 15.3. The lowest BCUT2D eigenvalue weighted by molar-refractivity contribution is 0.0602. The van der Waals surface area contributed by atoms with E-state index >= 15 is 0 Å². The van der Waals surface area contributed by atoms with Gasteiger partial charge in [0.05, 0.1) is 0 Å². The summed E-state index contributed by atoms with van der Waals surface area (Å²) in [5, 5.41) is 0. The number of hydrogen-bond acceptors (Lipinski definition) is 2. The highest BCUT2D eigenvalue weighted by Crippen LogP contribution is 2.42. The summed E-state index contributed by atoms with van der Waals surface area (Å²) in [7, 11) is 0. The van der Waals surface area contributed by atoms with Crippen molar-refractivity contribution >= 4 is 0 Å². The topological polar surface area (TPSA) is 29.3 Å². The van der Waals surface area contributed by atoms with Gasteiger partial charge in [-0.3, -0.25) is 4.90 Å². The summed E-state index contributed by atoms with van der Waals surface area (Å²) < 4.78 is 0. The molecular weight excluding hydrogens is 232 g/mol. The fourth-order valence-corrected chi connectivity index (χ4v) is 3.72. The molecule has 2 fully saturated rings. The van der Waals surface area contributed by atoms with Crippen molar-refractivity contribution in [2.45, 2.75) is 78.3 Å². The molecule has 0 aromatic heterocycles. The predicted octanol–water partition coefficient (Wildman–Crippen LogP) is 3.65. The van der Waals surface area contributed by atoms with E-state index in [-0.39, 0.29) is 0 Å².